The molecule has 0 aliphatic carbocycles. The summed E-state index contributed by atoms with van der Waals surface area (Å²) >= 11 is 1.52. The average Bonchev–Trinajstić information content (AvgIpc) is 2.40. The van der Waals surface area contributed by atoms with E-state index in [1.54, 1.807) is 12.1 Å². The highest BCUT2D eigenvalue weighted by Crippen LogP contribution is 2.35. The van der Waals surface area contributed by atoms with Crippen molar-refractivity contribution in [3.05, 3.63) is 23.8 Å². The minimum absolute atomic E-state index is 0.0129. The lowest BCUT2D eigenvalue weighted by Crippen LogP contribution is -2.28. The Kier molecular flexibility index (Phi) is 4.47. The van der Waals surface area contributed by atoms with Gasteiger partial charge in [0.1, 0.15) is 0 Å². The van der Waals surface area contributed by atoms with Crippen LogP contribution >= 0.6 is 11.8 Å². The number of hydrogen-bond donors (Lipinski definition) is 2. The molecule has 0 spiro atoms. The number of unbranched alkanes of at least 4 members (excludes halogenated alkanes) is 1. The molecule has 2 N–H and O–H groups in total. The Morgan fingerprint density at radius 2 is 2.26 bits per heavy atom. The number of carbonyl (C=O) groups is 2. The molecule has 1 aromatic carbocycles. The summed E-state index contributed by atoms with van der Waals surface area (Å²) in [5.74, 6) is -0.102. The van der Waals surface area contributed by atoms with Gasteiger partial charge in [0, 0.05) is 17.0 Å². The van der Waals surface area contributed by atoms with E-state index in [1.807, 2.05) is 13.0 Å². The molecule has 0 saturated carbocycles. The normalized spacial score (nSPS) is 17.6. The van der Waals surface area contributed by atoms with E-state index in [-0.39, 0.29) is 17.1 Å². The summed E-state index contributed by atoms with van der Waals surface area (Å²) in [7, 11) is 0. The van der Waals surface area contributed by atoms with Gasteiger partial charge in [-0.3, -0.25) is 9.59 Å². The Hall–Kier alpha value is -1.49. The van der Waals surface area contributed by atoms with E-state index < -0.39 is 0 Å². The zero-order valence-electron chi connectivity index (χ0n) is 11.2. The van der Waals surface area contributed by atoms with Gasteiger partial charge in [0.25, 0.3) is 5.91 Å². The molecule has 19 heavy (non-hydrogen) atoms. The van der Waals surface area contributed by atoms with E-state index in [2.05, 4.69) is 17.6 Å². The van der Waals surface area contributed by atoms with Gasteiger partial charge in [-0.1, -0.05) is 13.3 Å². The average molecular weight is 278 g/mol. The zero-order valence-corrected chi connectivity index (χ0v) is 12.0. The number of nitrogens with one attached hydrogen (secondary N) is 2. The molecule has 0 saturated heterocycles. The van der Waals surface area contributed by atoms with Gasteiger partial charge in [0.05, 0.1) is 10.9 Å². The maximum atomic E-state index is 11.9. The number of hydrogen-bond acceptors (Lipinski definition) is 3. The van der Waals surface area contributed by atoms with Gasteiger partial charge in [-0.25, -0.2) is 0 Å². The Morgan fingerprint density at radius 1 is 1.47 bits per heavy atom. The van der Waals surface area contributed by atoms with Crippen molar-refractivity contribution in [2.24, 2.45) is 0 Å². The van der Waals surface area contributed by atoms with Gasteiger partial charge in [0.2, 0.25) is 5.91 Å². The summed E-state index contributed by atoms with van der Waals surface area (Å²) in [6.45, 7) is 4.64. The first-order valence-electron chi connectivity index (χ1n) is 6.51. The highest BCUT2D eigenvalue weighted by Gasteiger charge is 2.23. The number of anilines is 1. The van der Waals surface area contributed by atoms with E-state index >= 15 is 0 Å². The van der Waals surface area contributed by atoms with Crippen molar-refractivity contribution in [3.8, 4) is 0 Å². The van der Waals surface area contributed by atoms with Crippen LogP contribution in [0.5, 0.6) is 0 Å². The van der Waals surface area contributed by atoms with Gasteiger partial charge in [-0.2, -0.15) is 0 Å². The second kappa shape index (κ2) is 6.10. The highest BCUT2D eigenvalue weighted by molar-refractivity contribution is 8.00. The van der Waals surface area contributed by atoms with Gasteiger partial charge < -0.3 is 10.6 Å². The summed E-state index contributed by atoms with van der Waals surface area (Å²) < 4.78 is 0. The summed E-state index contributed by atoms with van der Waals surface area (Å²) in [5.41, 5.74) is 1.32. The van der Waals surface area contributed by atoms with Crippen LogP contribution in [0.3, 0.4) is 0 Å². The topological polar surface area (TPSA) is 58.2 Å². The van der Waals surface area contributed by atoms with Crippen molar-refractivity contribution < 1.29 is 9.59 Å². The van der Waals surface area contributed by atoms with Crippen LogP contribution in [0.15, 0.2) is 23.1 Å². The molecule has 0 bridgehead atoms. The number of carbonyl (C=O) groups excluding carboxylic acids is 2. The third-order valence-electron chi connectivity index (χ3n) is 2.99. The highest BCUT2D eigenvalue weighted by atomic mass is 32.2. The Labute approximate surface area is 117 Å². The van der Waals surface area contributed by atoms with Gasteiger partial charge in [0.15, 0.2) is 0 Å². The van der Waals surface area contributed by atoms with Crippen LogP contribution < -0.4 is 10.6 Å². The minimum Gasteiger partial charge on any atom is -0.352 e. The molecule has 1 heterocycles. The second-order valence-corrected chi connectivity index (χ2v) is 5.95. The summed E-state index contributed by atoms with van der Waals surface area (Å²) in [6.07, 6.45) is 2.02. The van der Waals surface area contributed by atoms with Gasteiger partial charge in [-0.15, -0.1) is 11.8 Å². The molecule has 102 valence electrons. The predicted molar refractivity (Wildman–Crippen MR) is 77.6 cm³/mol. The van der Waals surface area contributed by atoms with Crippen LogP contribution in [0.25, 0.3) is 0 Å². The van der Waals surface area contributed by atoms with Crippen LogP contribution in [-0.2, 0) is 4.79 Å². The van der Waals surface area contributed by atoms with Crippen molar-refractivity contribution in [3.63, 3.8) is 0 Å². The molecule has 2 rings (SSSR count). The van der Waals surface area contributed by atoms with Crippen LogP contribution in [0.1, 0.15) is 37.0 Å². The summed E-state index contributed by atoms with van der Waals surface area (Å²) in [5, 5.41) is 5.61. The lowest BCUT2D eigenvalue weighted by Gasteiger charge is -2.21. The summed E-state index contributed by atoms with van der Waals surface area (Å²) in [6, 6.07) is 5.44. The molecule has 1 aliphatic rings. The SMILES string of the molecule is CCCCNC(=O)c1ccc2c(c1)NC(=O)C(C)S2. The van der Waals surface area contributed by atoms with Gasteiger partial charge >= 0.3 is 0 Å². The Morgan fingerprint density at radius 3 is 3.00 bits per heavy atom. The first kappa shape index (κ1) is 13.9. The fourth-order valence-electron chi connectivity index (χ4n) is 1.83. The van der Waals surface area contributed by atoms with Crippen molar-refractivity contribution >= 4 is 29.3 Å². The van der Waals surface area contributed by atoms with Crippen molar-refractivity contribution in [2.45, 2.75) is 36.8 Å². The van der Waals surface area contributed by atoms with Crippen LogP contribution in [-0.4, -0.2) is 23.6 Å². The maximum Gasteiger partial charge on any atom is 0.251 e. The third-order valence-corrected chi connectivity index (χ3v) is 4.17. The zero-order chi connectivity index (χ0) is 13.8. The van der Waals surface area contributed by atoms with E-state index in [0.29, 0.717) is 12.1 Å². The molecule has 1 aliphatic heterocycles. The Balaban J connectivity index is 2.10. The van der Waals surface area contributed by atoms with Crippen molar-refractivity contribution in [2.75, 3.05) is 11.9 Å². The largest absolute Gasteiger partial charge is 0.352 e. The third kappa shape index (κ3) is 3.29. The number of amides is 2. The Bertz CT molecular complexity index is 502. The first-order chi connectivity index (χ1) is 9.11. The predicted octanol–water partition coefficient (Wildman–Crippen LogP) is 2.65. The molecule has 5 heteroatoms. The maximum absolute atomic E-state index is 11.9. The molecule has 1 unspecified atom stereocenters. The molecule has 1 atom stereocenters. The molecule has 0 aromatic heterocycles. The smallest absolute Gasteiger partial charge is 0.251 e. The fourth-order valence-corrected chi connectivity index (χ4v) is 2.76. The molecule has 4 nitrogen and oxygen atoms in total. The number of fused-ring (bicyclic) bond motifs is 1. The van der Waals surface area contributed by atoms with Gasteiger partial charge in [-0.05, 0) is 31.5 Å². The van der Waals surface area contributed by atoms with Crippen molar-refractivity contribution in [1.29, 1.82) is 0 Å². The molecule has 1 aromatic rings. The van der Waals surface area contributed by atoms with Crippen LogP contribution in [0, 0.1) is 0 Å². The van der Waals surface area contributed by atoms with Crippen LogP contribution in [0.2, 0.25) is 0 Å². The van der Waals surface area contributed by atoms with E-state index in [9.17, 15) is 9.59 Å². The first-order valence-corrected chi connectivity index (χ1v) is 7.39. The molecule has 0 fully saturated rings. The number of rotatable bonds is 4. The molecule has 0 radical (unpaired) electrons. The quantitative estimate of drug-likeness (QED) is 0.832. The molecular weight excluding hydrogens is 260 g/mol. The fraction of sp³-hybridized carbons (Fsp3) is 0.429. The van der Waals surface area contributed by atoms with E-state index in [0.717, 1.165) is 23.4 Å². The van der Waals surface area contributed by atoms with E-state index in [4.69, 9.17) is 0 Å². The van der Waals surface area contributed by atoms with Crippen LogP contribution in [0.4, 0.5) is 5.69 Å². The number of thioether (sulfide) groups is 1. The minimum atomic E-state index is -0.0888. The number of benzene rings is 1. The monoisotopic (exact) mass is 278 g/mol. The standard InChI is InChI=1S/C14H18N2O2S/c1-3-4-7-15-14(18)10-5-6-12-11(8-10)16-13(17)9(2)19-12/h5-6,8-9H,3-4,7H2,1-2H3,(H,15,18)(H,16,17). The molecular formula is C14H18N2O2S. The lowest BCUT2D eigenvalue weighted by molar-refractivity contribution is -0.115. The molecule has 2 amide bonds. The van der Waals surface area contributed by atoms with E-state index in [1.165, 1.54) is 11.8 Å². The summed E-state index contributed by atoms with van der Waals surface area (Å²) in [4.78, 5) is 24.5. The van der Waals surface area contributed by atoms with Crippen molar-refractivity contribution in [1.82, 2.24) is 5.32 Å². The second-order valence-electron chi connectivity index (χ2n) is 4.57. The lowest BCUT2D eigenvalue weighted by atomic mass is 10.1.